The summed E-state index contributed by atoms with van der Waals surface area (Å²) in [6.07, 6.45) is 3.88. The lowest BCUT2D eigenvalue weighted by molar-refractivity contribution is -0.160. The summed E-state index contributed by atoms with van der Waals surface area (Å²) < 4.78 is 0. The third-order valence-corrected chi connectivity index (χ3v) is 3.50. The standard InChI is InChI=1S/C11H20N2O2/c1-2-3-9(12)10(14)13-6-11(15,7-13)8-4-5-8/h8-9,15H,2-7,12H2,1H3/t9-/m1/s1. The summed E-state index contributed by atoms with van der Waals surface area (Å²) in [4.78, 5) is 13.4. The Kier molecular flexibility index (Phi) is 2.73. The first-order valence-corrected chi connectivity index (χ1v) is 5.83. The Labute approximate surface area is 90.4 Å². The Morgan fingerprint density at radius 1 is 1.60 bits per heavy atom. The van der Waals surface area contributed by atoms with Crippen LogP contribution in [0.25, 0.3) is 0 Å². The van der Waals surface area contributed by atoms with E-state index in [0.29, 0.717) is 19.0 Å². The molecule has 1 atom stereocenters. The van der Waals surface area contributed by atoms with Crippen LogP contribution in [0.3, 0.4) is 0 Å². The van der Waals surface area contributed by atoms with Gasteiger partial charge < -0.3 is 15.7 Å². The summed E-state index contributed by atoms with van der Waals surface area (Å²) >= 11 is 0. The van der Waals surface area contributed by atoms with Gasteiger partial charge >= 0.3 is 0 Å². The maximum Gasteiger partial charge on any atom is 0.239 e. The van der Waals surface area contributed by atoms with E-state index in [9.17, 15) is 9.90 Å². The molecule has 0 unspecified atom stereocenters. The fraction of sp³-hybridized carbons (Fsp3) is 0.909. The second-order valence-electron chi connectivity index (χ2n) is 4.97. The second kappa shape index (κ2) is 3.76. The third kappa shape index (κ3) is 2.01. The van der Waals surface area contributed by atoms with Crippen molar-refractivity contribution in [2.75, 3.05) is 13.1 Å². The predicted molar refractivity (Wildman–Crippen MR) is 57.1 cm³/mol. The van der Waals surface area contributed by atoms with Crippen LogP contribution in [-0.4, -0.2) is 40.6 Å². The van der Waals surface area contributed by atoms with E-state index >= 15 is 0 Å². The monoisotopic (exact) mass is 212 g/mol. The van der Waals surface area contributed by atoms with Gasteiger partial charge in [0.2, 0.25) is 5.91 Å². The van der Waals surface area contributed by atoms with Gasteiger partial charge in [0.05, 0.1) is 19.1 Å². The van der Waals surface area contributed by atoms with Crippen LogP contribution in [0.15, 0.2) is 0 Å². The van der Waals surface area contributed by atoms with Gasteiger partial charge in [-0.05, 0) is 25.2 Å². The molecule has 4 heteroatoms. The minimum absolute atomic E-state index is 0.00201. The number of nitrogens with two attached hydrogens (primary N) is 1. The molecule has 1 saturated heterocycles. The largest absolute Gasteiger partial charge is 0.386 e. The van der Waals surface area contributed by atoms with Crippen molar-refractivity contribution in [1.82, 2.24) is 4.90 Å². The van der Waals surface area contributed by atoms with Crippen LogP contribution in [0, 0.1) is 5.92 Å². The molecule has 2 fully saturated rings. The molecule has 0 aromatic carbocycles. The number of carbonyl (C=O) groups is 1. The first-order chi connectivity index (χ1) is 7.07. The molecule has 86 valence electrons. The van der Waals surface area contributed by atoms with Crippen LogP contribution in [0.4, 0.5) is 0 Å². The van der Waals surface area contributed by atoms with Gasteiger partial charge in [-0.1, -0.05) is 13.3 Å². The Morgan fingerprint density at radius 3 is 2.67 bits per heavy atom. The lowest BCUT2D eigenvalue weighted by Crippen LogP contribution is -2.66. The van der Waals surface area contributed by atoms with Gasteiger partial charge in [0.15, 0.2) is 0 Å². The van der Waals surface area contributed by atoms with Crippen molar-refractivity contribution in [2.45, 2.75) is 44.2 Å². The Hall–Kier alpha value is -0.610. The van der Waals surface area contributed by atoms with E-state index in [0.717, 1.165) is 25.7 Å². The molecule has 2 aliphatic rings. The maximum atomic E-state index is 11.7. The molecule has 1 aliphatic heterocycles. The molecule has 0 aromatic rings. The van der Waals surface area contributed by atoms with Crippen molar-refractivity contribution < 1.29 is 9.90 Å². The predicted octanol–water partition coefficient (Wildman–Crippen LogP) is 0.0971. The van der Waals surface area contributed by atoms with Crippen LogP contribution >= 0.6 is 0 Å². The molecule has 1 heterocycles. The van der Waals surface area contributed by atoms with Gasteiger partial charge in [0.25, 0.3) is 0 Å². The van der Waals surface area contributed by atoms with Crippen LogP contribution in [0.2, 0.25) is 0 Å². The van der Waals surface area contributed by atoms with Crippen LogP contribution < -0.4 is 5.73 Å². The molecule has 0 aromatic heterocycles. The molecule has 1 aliphatic carbocycles. The van der Waals surface area contributed by atoms with Gasteiger partial charge in [0.1, 0.15) is 5.60 Å². The maximum absolute atomic E-state index is 11.7. The number of nitrogens with zero attached hydrogens (tertiary/aromatic N) is 1. The number of likely N-dealkylation sites (tertiary alicyclic amines) is 1. The van der Waals surface area contributed by atoms with Crippen LogP contribution in [0.1, 0.15) is 32.6 Å². The molecule has 15 heavy (non-hydrogen) atoms. The summed E-state index contributed by atoms with van der Waals surface area (Å²) in [6.45, 7) is 3.01. The van der Waals surface area contributed by atoms with Crippen molar-refractivity contribution in [3.8, 4) is 0 Å². The van der Waals surface area contributed by atoms with Crippen molar-refractivity contribution in [3.05, 3.63) is 0 Å². The van der Waals surface area contributed by atoms with Gasteiger partial charge in [-0.3, -0.25) is 4.79 Å². The Balaban J connectivity index is 1.80. The van der Waals surface area contributed by atoms with Gasteiger partial charge in [-0.2, -0.15) is 0 Å². The normalized spacial score (nSPS) is 25.9. The topological polar surface area (TPSA) is 66.6 Å². The lowest BCUT2D eigenvalue weighted by Gasteiger charge is -2.47. The van der Waals surface area contributed by atoms with Crippen molar-refractivity contribution in [2.24, 2.45) is 11.7 Å². The zero-order valence-corrected chi connectivity index (χ0v) is 9.28. The molecular formula is C11H20N2O2. The molecule has 1 amide bonds. The Morgan fingerprint density at radius 2 is 2.20 bits per heavy atom. The van der Waals surface area contributed by atoms with E-state index in [2.05, 4.69) is 0 Å². The number of β-amino-alcohol motifs (C(OH)–C–C–N with tert-alkyl or cyclic N) is 1. The summed E-state index contributed by atoms with van der Waals surface area (Å²) in [5.74, 6) is 0.436. The number of aliphatic hydroxyl groups is 1. The highest BCUT2D eigenvalue weighted by molar-refractivity contribution is 5.82. The van der Waals surface area contributed by atoms with Crippen molar-refractivity contribution in [1.29, 1.82) is 0 Å². The number of amides is 1. The highest BCUT2D eigenvalue weighted by Gasteiger charge is 2.53. The van der Waals surface area contributed by atoms with E-state index in [-0.39, 0.29) is 11.9 Å². The van der Waals surface area contributed by atoms with E-state index < -0.39 is 5.60 Å². The van der Waals surface area contributed by atoms with E-state index in [1.54, 1.807) is 4.90 Å². The van der Waals surface area contributed by atoms with Gasteiger partial charge in [-0.25, -0.2) is 0 Å². The highest BCUT2D eigenvalue weighted by Crippen LogP contribution is 2.44. The lowest BCUT2D eigenvalue weighted by atomic mass is 9.88. The molecule has 0 bridgehead atoms. The molecular weight excluding hydrogens is 192 g/mol. The smallest absolute Gasteiger partial charge is 0.239 e. The molecule has 1 saturated carbocycles. The summed E-state index contributed by atoms with van der Waals surface area (Å²) in [7, 11) is 0. The first kappa shape index (κ1) is 10.9. The van der Waals surface area contributed by atoms with E-state index in [1.807, 2.05) is 6.92 Å². The fourth-order valence-electron chi connectivity index (χ4n) is 2.32. The molecule has 4 nitrogen and oxygen atoms in total. The highest BCUT2D eigenvalue weighted by atomic mass is 16.3. The van der Waals surface area contributed by atoms with Gasteiger partial charge in [0, 0.05) is 0 Å². The molecule has 0 spiro atoms. The van der Waals surface area contributed by atoms with E-state index in [1.165, 1.54) is 0 Å². The summed E-state index contributed by atoms with van der Waals surface area (Å²) in [5, 5.41) is 10.0. The molecule has 3 N–H and O–H groups in total. The van der Waals surface area contributed by atoms with E-state index in [4.69, 9.17) is 5.73 Å². The quantitative estimate of drug-likeness (QED) is 0.694. The van der Waals surface area contributed by atoms with Crippen molar-refractivity contribution >= 4 is 5.91 Å². The fourth-order valence-corrected chi connectivity index (χ4v) is 2.32. The third-order valence-electron chi connectivity index (χ3n) is 3.50. The summed E-state index contributed by atoms with van der Waals surface area (Å²) in [6, 6.07) is -0.376. The first-order valence-electron chi connectivity index (χ1n) is 5.83. The summed E-state index contributed by atoms with van der Waals surface area (Å²) in [5.41, 5.74) is 5.16. The molecule has 2 rings (SSSR count). The van der Waals surface area contributed by atoms with Crippen LogP contribution in [-0.2, 0) is 4.79 Å². The Bertz CT molecular complexity index is 257. The minimum Gasteiger partial charge on any atom is -0.386 e. The average molecular weight is 212 g/mol. The second-order valence-corrected chi connectivity index (χ2v) is 4.97. The molecule has 0 radical (unpaired) electrons. The van der Waals surface area contributed by atoms with Crippen LogP contribution in [0.5, 0.6) is 0 Å². The van der Waals surface area contributed by atoms with Crippen molar-refractivity contribution in [3.63, 3.8) is 0 Å². The minimum atomic E-state index is -0.582. The number of hydrogen-bond donors (Lipinski definition) is 2. The number of rotatable bonds is 4. The number of hydrogen-bond acceptors (Lipinski definition) is 3. The van der Waals surface area contributed by atoms with Gasteiger partial charge in [-0.15, -0.1) is 0 Å². The number of carbonyl (C=O) groups excluding carboxylic acids is 1. The zero-order valence-electron chi connectivity index (χ0n) is 9.28. The average Bonchev–Trinajstić information content (AvgIpc) is 2.95. The zero-order chi connectivity index (χ0) is 11.1. The SMILES string of the molecule is CCC[C@@H](N)C(=O)N1CC(O)(C2CC2)C1.